The first-order chi connectivity index (χ1) is 3.41. The minimum atomic E-state index is 0.972. The summed E-state index contributed by atoms with van der Waals surface area (Å²) in [6, 6.07) is 0. The number of aliphatic hydroxyl groups is 1. The van der Waals surface area contributed by atoms with Crippen LogP contribution in [0.4, 0.5) is 0 Å². The van der Waals surface area contributed by atoms with Crippen LogP contribution < -0.4 is 0 Å². The van der Waals surface area contributed by atoms with Crippen LogP contribution in [0.25, 0.3) is 0 Å². The zero-order valence-corrected chi connectivity index (χ0v) is 4.04. The summed E-state index contributed by atoms with van der Waals surface area (Å²) in [5.74, 6) is 0. The molecule has 0 rings (SSSR count). The Labute approximate surface area is 43.3 Å². The van der Waals surface area contributed by atoms with Gasteiger partial charge in [-0.25, -0.2) is 0 Å². The van der Waals surface area contributed by atoms with Gasteiger partial charge in [0.05, 0.1) is 6.26 Å². The van der Waals surface area contributed by atoms with E-state index in [-0.39, 0.29) is 0 Å². The first-order valence-corrected chi connectivity index (χ1v) is 2.00. The summed E-state index contributed by atoms with van der Waals surface area (Å²) in [6.45, 7) is 3.43. The van der Waals surface area contributed by atoms with Crippen LogP contribution in [0.2, 0.25) is 0 Å². The van der Waals surface area contributed by atoms with Crippen LogP contribution in [0.3, 0.4) is 0 Å². The molecule has 0 saturated carbocycles. The van der Waals surface area contributed by atoms with E-state index in [9.17, 15) is 0 Å². The molecule has 0 heterocycles. The largest absolute Gasteiger partial charge is 0.516 e. The maximum atomic E-state index is 8.03. The van der Waals surface area contributed by atoms with E-state index in [2.05, 4.69) is 6.58 Å². The van der Waals surface area contributed by atoms with Gasteiger partial charge in [-0.15, -0.1) is 0 Å². The van der Waals surface area contributed by atoms with E-state index in [0.29, 0.717) is 0 Å². The fraction of sp³-hybridized carbons (Fsp3) is 0. The zero-order chi connectivity index (χ0) is 5.54. The molecule has 0 radical (unpaired) electrons. The molecule has 0 aliphatic carbocycles. The number of hydrogen-bond donors (Lipinski definition) is 1. The van der Waals surface area contributed by atoms with Crippen LogP contribution in [0.5, 0.6) is 0 Å². The van der Waals surface area contributed by atoms with Gasteiger partial charge in [-0.1, -0.05) is 24.8 Å². The quantitative estimate of drug-likeness (QED) is 0.410. The average Bonchev–Trinajstić information content (AvgIpc) is 1.69. The molecule has 0 bridgehead atoms. The topological polar surface area (TPSA) is 20.2 Å². The Morgan fingerprint density at radius 1 is 1.14 bits per heavy atom. The molecule has 0 amide bonds. The molecule has 0 atom stereocenters. The highest BCUT2D eigenvalue weighted by Crippen LogP contribution is 1.72. The number of aliphatic hydroxyl groups excluding tert-OH is 1. The zero-order valence-electron chi connectivity index (χ0n) is 4.04. The molecule has 38 valence electrons. The van der Waals surface area contributed by atoms with E-state index in [1.54, 1.807) is 18.2 Å². The van der Waals surface area contributed by atoms with Crippen molar-refractivity contribution in [3.8, 4) is 0 Å². The van der Waals surface area contributed by atoms with Crippen molar-refractivity contribution in [2.45, 2.75) is 0 Å². The molecule has 0 aromatic carbocycles. The second kappa shape index (κ2) is 5.02. The van der Waals surface area contributed by atoms with E-state index in [4.69, 9.17) is 5.11 Å². The lowest BCUT2D eigenvalue weighted by atomic mass is 10.5. The molecule has 0 spiro atoms. The average molecular weight is 96.1 g/mol. The Bertz CT molecular complexity index is 90.4. The summed E-state index contributed by atoms with van der Waals surface area (Å²) >= 11 is 0. The standard InChI is InChI=1S/C6H8O/c1-2-3-4-5-6-7/h2-7H,1H2/b4-3+,6-5+. The predicted octanol–water partition coefficient (Wildman–Crippen LogP) is 1.80. The predicted molar refractivity (Wildman–Crippen MR) is 31.1 cm³/mol. The number of hydrogen-bond acceptors (Lipinski definition) is 1. The molecule has 7 heavy (non-hydrogen) atoms. The molecule has 0 saturated heterocycles. The molecule has 0 aromatic heterocycles. The van der Waals surface area contributed by atoms with Crippen LogP contribution in [-0.4, -0.2) is 5.11 Å². The van der Waals surface area contributed by atoms with Crippen LogP contribution >= 0.6 is 0 Å². The fourth-order valence-corrected chi connectivity index (χ4v) is 0.192. The van der Waals surface area contributed by atoms with Gasteiger partial charge < -0.3 is 5.11 Å². The lowest BCUT2D eigenvalue weighted by Crippen LogP contribution is -1.46. The normalized spacial score (nSPS) is 10.9. The van der Waals surface area contributed by atoms with E-state index >= 15 is 0 Å². The summed E-state index contributed by atoms with van der Waals surface area (Å²) in [5.41, 5.74) is 0. The smallest absolute Gasteiger partial charge is 0.0791 e. The highest BCUT2D eigenvalue weighted by Gasteiger charge is 1.53. The minimum absolute atomic E-state index is 0.972. The van der Waals surface area contributed by atoms with Gasteiger partial charge in [-0.3, -0.25) is 0 Å². The molecule has 0 aliphatic heterocycles. The first kappa shape index (κ1) is 6.02. The minimum Gasteiger partial charge on any atom is -0.516 e. The van der Waals surface area contributed by atoms with Crippen molar-refractivity contribution in [3.05, 3.63) is 37.1 Å². The Balaban J connectivity index is 3.27. The van der Waals surface area contributed by atoms with Gasteiger partial charge in [0.2, 0.25) is 0 Å². The second-order valence-electron chi connectivity index (χ2n) is 0.962. The Morgan fingerprint density at radius 3 is 2.29 bits per heavy atom. The van der Waals surface area contributed by atoms with Gasteiger partial charge in [0.1, 0.15) is 0 Å². The van der Waals surface area contributed by atoms with Gasteiger partial charge >= 0.3 is 0 Å². The monoisotopic (exact) mass is 96.1 g/mol. The molecule has 0 aliphatic rings. The third kappa shape index (κ3) is 5.02. The lowest BCUT2D eigenvalue weighted by molar-refractivity contribution is 0.474. The van der Waals surface area contributed by atoms with Crippen LogP contribution in [-0.2, 0) is 0 Å². The van der Waals surface area contributed by atoms with Crippen LogP contribution in [0.1, 0.15) is 0 Å². The first-order valence-electron chi connectivity index (χ1n) is 2.00. The van der Waals surface area contributed by atoms with Crippen molar-refractivity contribution >= 4 is 0 Å². The van der Waals surface area contributed by atoms with E-state index in [1.807, 2.05) is 0 Å². The Morgan fingerprint density at radius 2 is 1.86 bits per heavy atom. The number of rotatable bonds is 2. The Kier molecular flexibility index (Phi) is 4.32. The Hall–Kier alpha value is -0.980. The van der Waals surface area contributed by atoms with Gasteiger partial charge in [0.15, 0.2) is 0 Å². The van der Waals surface area contributed by atoms with Crippen LogP contribution in [0, 0.1) is 0 Å². The third-order valence-corrected chi connectivity index (χ3v) is 0.444. The SMILES string of the molecule is C=C/C=C/C=C/O. The summed E-state index contributed by atoms with van der Waals surface area (Å²) in [6.07, 6.45) is 7.54. The van der Waals surface area contributed by atoms with Crippen molar-refractivity contribution in [2.75, 3.05) is 0 Å². The van der Waals surface area contributed by atoms with Crippen molar-refractivity contribution in [2.24, 2.45) is 0 Å². The summed E-state index contributed by atoms with van der Waals surface area (Å²) < 4.78 is 0. The molecule has 1 N–H and O–H groups in total. The molecule has 0 aromatic rings. The fourth-order valence-electron chi connectivity index (χ4n) is 0.192. The van der Waals surface area contributed by atoms with Gasteiger partial charge in [-0.05, 0) is 6.08 Å². The molecule has 0 unspecified atom stereocenters. The highest BCUT2D eigenvalue weighted by atomic mass is 16.2. The van der Waals surface area contributed by atoms with E-state index in [0.717, 1.165) is 6.26 Å². The maximum Gasteiger partial charge on any atom is 0.0791 e. The second-order valence-corrected chi connectivity index (χ2v) is 0.962. The highest BCUT2D eigenvalue weighted by molar-refractivity contribution is 5.06. The van der Waals surface area contributed by atoms with Gasteiger partial charge in [0.25, 0.3) is 0 Å². The number of allylic oxidation sites excluding steroid dienone is 4. The molecule has 1 nitrogen and oxygen atoms in total. The van der Waals surface area contributed by atoms with Crippen molar-refractivity contribution < 1.29 is 5.11 Å². The molecular formula is C6H8O. The third-order valence-electron chi connectivity index (χ3n) is 0.444. The molecular weight excluding hydrogens is 88.1 g/mol. The molecule has 1 heteroatoms. The van der Waals surface area contributed by atoms with Crippen LogP contribution in [0.15, 0.2) is 37.1 Å². The van der Waals surface area contributed by atoms with E-state index < -0.39 is 0 Å². The maximum absolute atomic E-state index is 8.03. The van der Waals surface area contributed by atoms with E-state index in [1.165, 1.54) is 6.08 Å². The van der Waals surface area contributed by atoms with Gasteiger partial charge in [-0.2, -0.15) is 0 Å². The van der Waals surface area contributed by atoms with Gasteiger partial charge in [0, 0.05) is 0 Å². The molecule has 0 fully saturated rings. The summed E-state index contributed by atoms with van der Waals surface area (Å²) in [5, 5.41) is 8.03. The van der Waals surface area contributed by atoms with Crippen molar-refractivity contribution in [1.29, 1.82) is 0 Å². The van der Waals surface area contributed by atoms with Crippen molar-refractivity contribution in [1.82, 2.24) is 0 Å². The van der Waals surface area contributed by atoms with Crippen molar-refractivity contribution in [3.63, 3.8) is 0 Å². The summed E-state index contributed by atoms with van der Waals surface area (Å²) in [4.78, 5) is 0. The lowest BCUT2D eigenvalue weighted by Gasteiger charge is -1.65. The summed E-state index contributed by atoms with van der Waals surface area (Å²) in [7, 11) is 0.